The van der Waals surface area contributed by atoms with Crippen LogP contribution in [0.5, 0.6) is 0 Å². The zero-order valence-electron chi connectivity index (χ0n) is 18.9. The number of nitrogens with zero attached hydrogens (tertiary/aromatic N) is 3. The molecule has 1 N–H and O–H groups in total. The third kappa shape index (κ3) is 4.31. The van der Waals surface area contributed by atoms with Crippen molar-refractivity contribution in [2.45, 2.75) is 19.0 Å². The van der Waals surface area contributed by atoms with Crippen LogP contribution in [0.15, 0.2) is 72.9 Å². The summed E-state index contributed by atoms with van der Waals surface area (Å²) in [4.78, 5) is 15.1. The fraction of sp³-hybridized carbons (Fsp3) is 0.200. The topological polar surface area (TPSA) is 84.3 Å². The molecule has 2 heterocycles. The molecule has 0 radical (unpaired) electrons. The van der Waals surface area contributed by atoms with E-state index in [-0.39, 0.29) is 11.7 Å². The number of sulfonamides is 1. The van der Waals surface area contributed by atoms with Crippen LogP contribution in [-0.4, -0.2) is 36.4 Å². The van der Waals surface area contributed by atoms with Crippen LogP contribution in [0.2, 0.25) is 5.02 Å². The number of aromatic nitrogens is 2. The first-order valence-corrected chi connectivity index (χ1v) is 13.2. The molecule has 4 aromatic rings. The Hall–Kier alpha value is -3.27. The molecule has 1 fully saturated rings. The van der Waals surface area contributed by atoms with Gasteiger partial charge in [0.1, 0.15) is 5.82 Å². The number of benzene rings is 3. The maximum Gasteiger partial charge on any atom is 0.232 e. The zero-order valence-corrected chi connectivity index (χ0v) is 20.5. The molecule has 180 valence electrons. The summed E-state index contributed by atoms with van der Waals surface area (Å²) in [6.45, 7) is 1.71. The van der Waals surface area contributed by atoms with Gasteiger partial charge in [0.15, 0.2) is 0 Å². The number of carbonyl (C=O) groups is 1. The Labute approximate surface area is 207 Å². The van der Waals surface area contributed by atoms with Crippen molar-refractivity contribution in [3.63, 3.8) is 0 Å². The molecule has 3 aromatic carbocycles. The van der Waals surface area contributed by atoms with Crippen LogP contribution in [0, 0.1) is 11.7 Å². The molecule has 0 spiro atoms. The number of carbonyl (C=O) groups excluding carboxylic acids is 1. The summed E-state index contributed by atoms with van der Waals surface area (Å²) >= 11 is 6.51. The summed E-state index contributed by atoms with van der Waals surface area (Å²) in [5.74, 6) is -1.18. The SMILES string of the molecule is C[C@H]1C(=O)N(c2ccc3c(cnn3-c3ccc(F)cc3)c2)[C@H](c2ccccc2Cl)[C@H]1NS(C)(=O)=O. The summed E-state index contributed by atoms with van der Waals surface area (Å²) in [5, 5.41) is 5.64. The van der Waals surface area contributed by atoms with Crippen molar-refractivity contribution in [3.8, 4) is 5.69 Å². The third-order valence-electron chi connectivity index (χ3n) is 6.26. The van der Waals surface area contributed by atoms with Crippen LogP contribution < -0.4 is 9.62 Å². The van der Waals surface area contributed by atoms with E-state index in [1.165, 1.54) is 12.1 Å². The molecule has 0 aliphatic carbocycles. The van der Waals surface area contributed by atoms with Crippen molar-refractivity contribution in [1.29, 1.82) is 0 Å². The molecule has 1 aromatic heterocycles. The molecule has 1 aliphatic rings. The van der Waals surface area contributed by atoms with Gasteiger partial charge >= 0.3 is 0 Å². The van der Waals surface area contributed by atoms with E-state index in [1.807, 2.05) is 12.1 Å². The number of hydrogen-bond donors (Lipinski definition) is 1. The van der Waals surface area contributed by atoms with E-state index in [0.717, 1.165) is 17.2 Å². The van der Waals surface area contributed by atoms with E-state index in [1.54, 1.807) is 65.2 Å². The van der Waals surface area contributed by atoms with Crippen molar-refractivity contribution < 1.29 is 17.6 Å². The molecule has 7 nitrogen and oxygen atoms in total. The molecule has 35 heavy (non-hydrogen) atoms. The van der Waals surface area contributed by atoms with E-state index in [0.29, 0.717) is 22.0 Å². The smallest absolute Gasteiger partial charge is 0.232 e. The monoisotopic (exact) mass is 512 g/mol. The Kier molecular flexibility index (Phi) is 5.86. The molecule has 5 rings (SSSR count). The Balaban J connectivity index is 1.62. The fourth-order valence-corrected chi connectivity index (χ4v) is 5.73. The summed E-state index contributed by atoms with van der Waals surface area (Å²) in [7, 11) is -3.60. The lowest BCUT2D eigenvalue weighted by Crippen LogP contribution is -2.41. The number of rotatable bonds is 5. The second kappa shape index (κ2) is 8.75. The van der Waals surface area contributed by atoms with Crippen LogP contribution in [0.3, 0.4) is 0 Å². The van der Waals surface area contributed by atoms with Gasteiger partial charge in [-0.05, 0) is 54.1 Å². The number of nitrogens with one attached hydrogen (secondary N) is 1. The van der Waals surface area contributed by atoms with Gasteiger partial charge in [0.25, 0.3) is 0 Å². The number of hydrogen-bond acceptors (Lipinski definition) is 4. The van der Waals surface area contributed by atoms with Crippen molar-refractivity contribution >= 4 is 44.1 Å². The molecule has 0 saturated carbocycles. The van der Waals surface area contributed by atoms with Crippen LogP contribution in [0.4, 0.5) is 10.1 Å². The Morgan fingerprint density at radius 1 is 1.03 bits per heavy atom. The molecule has 0 bridgehead atoms. The largest absolute Gasteiger partial charge is 0.303 e. The van der Waals surface area contributed by atoms with Gasteiger partial charge < -0.3 is 4.90 Å². The predicted molar refractivity (Wildman–Crippen MR) is 134 cm³/mol. The van der Waals surface area contributed by atoms with Gasteiger partial charge in [0, 0.05) is 16.1 Å². The van der Waals surface area contributed by atoms with Gasteiger partial charge in [-0.15, -0.1) is 0 Å². The van der Waals surface area contributed by atoms with E-state index in [9.17, 15) is 17.6 Å². The molecule has 1 aliphatic heterocycles. The summed E-state index contributed by atoms with van der Waals surface area (Å²) < 4.78 is 42.0. The van der Waals surface area contributed by atoms with Crippen LogP contribution >= 0.6 is 11.6 Å². The van der Waals surface area contributed by atoms with E-state index in [4.69, 9.17) is 11.6 Å². The highest BCUT2D eigenvalue weighted by atomic mass is 35.5. The summed E-state index contributed by atoms with van der Waals surface area (Å²) in [5.41, 5.74) is 2.72. The minimum absolute atomic E-state index is 0.221. The van der Waals surface area contributed by atoms with E-state index < -0.39 is 28.0 Å². The number of anilines is 1. The molecule has 1 saturated heterocycles. The lowest BCUT2D eigenvalue weighted by molar-refractivity contribution is -0.120. The minimum atomic E-state index is -3.60. The van der Waals surface area contributed by atoms with Crippen molar-refractivity contribution in [2.24, 2.45) is 5.92 Å². The highest BCUT2D eigenvalue weighted by Crippen LogP contribution is 2.43. The van der Waals surface area contributed by atoms with Gasteiger partial charge in [-0.25, -0.2) is 22.2 Å². The first-order chi connectivity index (χ1) is 16.6. The molecule has 3 atom stereocenters. The average Bonchev–Trinajstić information content (AvgIpc) is 3.33. The molecule has 0 unspecified atom stereocenters. The first kappa shape index (κ1) is 23.5. The average molecular weight is 513 g/mol. The Bertz CT molecular complexity index is 1540. The quantitative estimate of drug-likeness (QED) is 0.428. The summed E-state index contributed by atoms with van der Waals surface area (Å²) in [6, 6.07) is 17.2. The van der Waals surface area contributed by atoms with Crippen molar-refractivity contribution in [3.05, 3.63) is 89.3 Å². The standard InChI is InChI=1S/C25H22ClFN4O3S/c1-15-23(29-35(2,33)34)24(20-5-3-4-6-21(20)26)30(25(15)32)19-11-12-22-16(13-19)14-28-31(22)18-9-7-17(27)8-10-18/h3-15,23-24,29H,1-2H3/t15-,23+,24-/m1/s1. The number of amides is 1. The van der Waals surface area contributed by atoms with Gasteiger partial charge in [0.2, 0.25) is 15.9 Å². The van der Waals surface area contributed by atoms with Crippen molar-refractivity contribution in [2.75, 3.05) is 11.2 Å². The minimum Gasteiger partial charge on any atom is -0.303 e. The lowest BCUT2D eigenvalue weighted by Gasteiger charge is -2.29. The maximum atomic E-state index is 13.5. The van der Waals surface area contributed by atoms with Gasteiger partial charge in [-0.2, -0.15) is 5.10 Å². The van der Waals surface area contributed by atoms with E-state index in [2.05, 4.69) is 9.82 Å². The second-order valence-electron chi connectivity index (χ2n) is 8.65. The lowest BCUT2D eigenvalue weighted by atomic mass is 9.95. The van der Waals surface area contributed by atoms with Crippen molar-refractivity contribution in [1.82, 2.24) is 14.5 Å². The van der Waals surface area contributed by atoms with Gasteiger partial charge in [0.05, 0.1) is 41.7 Å². The predicted octanol–water partition coefficient (Wildman–Crippen LogP) is 4.46. The molecule has 10 heteroatoms. The van der Waals surface area contributed by atoms with Crippen LogP contribution in [0.25, 0.3) is 16.6 Å². The fourth-order valence-electron chi connectivity index (χ4n) is 4.65. The van der Waals surface area contributed by atoms with Crippen LogP contribution in [-0.2, 0) is 14.8 Å². The highest BCUT2D eigenvalue weighted by molar-refractivity contribution is 7.88. The molecular formula is C25H22ClFN4O3S. The normalized spacial score (nSPS) is 20.6. The summed E-state index contributed by atoms with van der Waals surface area (Å²) in [6.07, 6.45) is 2.75. The maximum absolute atomic E-state index is 13.5. The van der Waals surface area contributed by atoms with Crippen LogP contribution in [0.1, 0.15) is 18.5 Å². The molecular weight excluding hydrogens is 491 g/mol. The first-order valence-electron chi connectivity index (χ1n) is 10.9. The van der Waals surface area contributed by atoms with E-state index >= 15 is 0 Å². The van der Waals surface area contributed by atoms with Gasteiger partial charge in [-0.1, -0.05) is 36.7 Å². The Morgan fingerprint density at radius 3 is 2.40 bits per heavy atom. The second-order valence-corrected chi connectivity index (χ2v) is 10.8. The number of halogens is 2. The zero-order chi connectivity index (χ0) is 24.9. The Morgan fingerprint density at radius 2 is 1.71 bits per heavy atom. The number of fused-ring (bicyclic) bond motifs is 1. The van der Waals surface area contributed by atoms with Gasteiger partial charge in [-0.3, -0.25) is 4.79 Å². The third-order valence-corrected chi connectivity index (χ3v) is 7.30. The molecule has 1 amide bonds. The highest BCUT2D eigenvalue weighted by Gasteiger charge is 2.48.